The van der Waals surface area contributed by atoms with Gasteiger partial charge in [0.25, 0.3) is 5.69 Å². The maximum absolute atomic E-state index is 11.7. The predicted octanol–water partition coefficient (Wildman–Crippen LogP) is 0.564. The smallest absolute Gasteiger partial charge is 0.340 e. The van der Waals surface area contributed by atoms with Crippen molar-refractivity contribution < 1.29 is 19.6 Å². The summed E-state index contributed by atoms with van der Waals surface area (Å²) in [6, 6.07) is 4.05. The number of carbonyl (C=O) groups excluding carboxylic acids is 1. The van der Waals surface area contributed by atoms with Crippen molar-refractivity contribution in [2.45, 2.75) is 0 Å². The molecule has 0 atom stereocenters. The van der Waals surface area contributed by atoms with E-state index < -0.39 is 10.9 Å². The molecule has 1 heterocycles. The molecular weight excluding hydrogens is 240 g/mol. The zero-order valence-corrected chi connectivity index (χ0v) is 9.54. The Morgan fingerprint density at radius 2 is 2.28 bits per heavy atom. The minimum absolute atomic E-state index is 0.0649. The van der Waals surface area contributed by atoms with Crippen molar-refractivity contribution >= 4 is 17.3 Å². The van der Waals surface area contributed by atoms with Gasteiger partial charge in [-0.15, -0.1) is 0 Å². The summed E-state index contributed by atoms with van der Waals surface area (Å²) in [6.07, 6.45) is 0. The second kappa shape index (κ2) is 5.01. The number of β-amino-alcohol motifs (C(OH)–C–C–N with tert-alkyl or cyclic N) is 1. The first-order valence-electron chi connectivity index (χ1n) is 5.45. The highest BCUT2D eigenvalue weighted by atomic mass is 16.6. The Bertz CT molecular complexity index is 488. The molecule has 1 aliphatic rings. The average Bonchev–Trinajstić information content (AvgIpc) is 2.50. The zero-order chi connectivity index (χ0) is 13.1. The molecule has 0 spiro atoms. The lowest BCUT2D eigenvalue weighted by Gasteiger charge is -2.21. The number of anilines is 1. The molecule has 7 nitrogen and oxygen atoms in total. The van der Waals surface area contributed by atoms with Crippen LogP contribution in [0.5, 0.6) is 0 Å². The molecule has 7 heteroatoms. The van der Waals surface area contributed by atoms with Crippen molar-refractivity contribution in [2.24, 2.45) is 0 Å². The summed E-state index contributed by atoms with van der Waals surface area (Å²) in [6.45, 7) is 0.935. The number of esters is 1. The number of carbonyl (C=O) groups is 1. The number of cyclic esters (lactones) is 1. The van der Waals surface area contributed by atoms with Crippen LogP contribution >= 0.6 is 0 Å². The number of nitro groups is 1. The van der Waals surface area contributed by atoms with Crippen molar-refractivity contribution in [1.29, 1.82) is 0 Å². The quantitative estimate of drug-likeness (QED) is 0.480. The Balaban J connectivity index is 2.46. The van der Waals surface area contributed by atoms with Gasteiger partial charge < -0.3 is 14.7 Å². The van der Waals surface area contributed by atoms with E-state index in [1.807, 2.05) is 0 Å². The number of hydrogen-bond acceptors (Lipinski definition) is 6. The van der Waals surface area contributed by atoms with Crippen LogP contribution in [0, 0.1) is 10.1 Å². The van der Waals surface area contributed by atoms with Gasteiger partial charge in [-0.3, -0.25) is 10.1 Å². The molecule has 0 radical (unpaired) electrons. The molecule has 96 valence electrons. The fourth-order valence-corrected chi connectivity index (χ4v) is 1.88. The minimum Gasteiger partial charge on any atom is -0.460 e. The van der Waals surface area contributed by atoms with E-state index in [1.165, 1.54) is 18.2 Å². The van der Waals surface area contributed by atoms with E-state index in [-0.39, 0.29) is 24.5 Å². The first kappa shape index (κ1) is 12.3. The summed E-state index contributed by atoms with van der Waals surface area (Å²) in [5.41, 5.74) is 0.559. The van der Waals surface area contributed by atoms with Crippen LogP contribution in [0.2, 0.25) is 0 Å². The molecule has 0 saturated carbocycles. The first-order valence-corrected chi connectivity index (χ1v) is 5.45. The maximum atomic E-state index is 11.7. The Morgan fingerprint density at radius 3 is 2.94 bits per heavy atom. The van der Waals surface area contributed by atoms with E-state index in [0.29, 0.717) is 18.8 Å². The van der Waals surface area contributed by atoms with Gasteiger partial charge in [0.1, 0.15) is 6.61 Å². The van der Waals surface area contributed by atoms with Crippen molar-refractivity contribution in [1.82, 2.24) is 0 Å². The van der Waals surface area contributed by atoms with Gasteiger partial charge in [0.2, 0.25) is 0 Å². The third-order valence-electron chi connectivity index (χ3n) is 2.72. The van der Waals surface area contributed by atoms with Crippen LogP contribution in [-0.2, 0) is 4.74 Å². The molecule has 0 amide bonds. The number of aliphatic hydroxyl groups is 1. The number of rotatable bonds is 3. The molecule has 0 aromatic heterocycles. The van der Waals surface area contributed by atoms with E-state index in [1.54, 1.807) is 4.90 Å². The monoisotopic (exact) mass is 252 g/mol. The van der Waals surface area contributed by atoms with Gasteiger partial charge in [0.15, 0.2) is 0 Å². The summed E-state index contributed by atoms with van der Waals surface area (Å²) < 4.78 is 4.96. The van der Waals surface area contributed by atoms with Crippen LogP contribution < -0.4 is 4.90 Å². The average molecular weight is 252 g/mol. The number of non-ortho nitro benzene ring substituents is 1. The Labute approximate surface area is 103 Å². The second-order valence-electron chi connectivity index (χ2n) is 3.81. The van der Waals surface area contributed by atoms with E-state index in [2.05, 4.69) is 0 Å². The molecule has 1 N–H and O–H groups in total. The number of nitro benzene ring substituents is 1. The standard InChI is InChI=1S/C11H12N2O5/c14-5-3-12-4-6-18-11(15)9-7-8(13(16)17)1-2-10(9)12/h1-2,7,14H,3-6H2. The maximum Gasteiger partial charge on any atom is 0.340 e. The predicted molar refractivity (Wildman–Crippen MR) is 62.7 cm³/mol. The number of aliphatic hydroxyl groups excluding tert-OH is 1. The highest BCUT2D eigenvalue weighted by Gasteiger charge is 2.24. The lowest BCUT2D eigenvalue weighted by atomic mass is 10.1. The normalized spacial score (nSPS) is 14.7. The van der Waals surface area contributed by atoms with E-state index in [9.17, 15) is 14.9 Å². The SMILES string of the molecule is O=C1OCCN(CCO)c2ccc([N+](=O)[O-])cc21. The van der Waals surface area contributed by atoms with Crippen LogP contribution in [0.4, 0.5) is 11.4 Å². The summed E-state index contributed by atoms with van der Waals surface area (Å²) in [5, 5.41) is 19.7. The molecule has 0 fully saturated rings. The van der Waals surface area contributed by atoms with Crippen molar-refractivity contribution in [3.8, 4) is 0 Å². The van der Waals surface area contributed by atoms with Gasteiger partial charge in [0.05, 0.1) is 29.3 Å². The van der Waals surface area contributed by atoms with Crippen molar-refractivity contribution in [3.05, 3.63) is 33.9 Å². The van der Waals surface area contributed by atoms with Crippen LogP contribution in [-0.4, -0.2) is 42.3 Å². The second-order valence-corrected chi connectivity index (χ2v) is 3.81. The van der Waals surface area contributed by atoms with Gasteiger partial charge in [-0.05, 0) is 6.07 Å². The molecular formula is C11H12N2O5. The topological polar surface area (TPSA) is 92.9 Å². The Morgan fingerprint density at radius 1 is 1.50 bits per heavy atom. The molecule has 18 heavy (non-hydrogen) atoms. The zero-order valence-electron chi connectivity index (χ0n) is 9.54. The lowest BCUT2D eigenvalue weighted by Crippen LogP contribution is -2.29. The van der Waals surface area contributed by atoms with Crippen LogP contribution in [0.3, 0.4) is 0 Å². The molecule has 0 aliphatic carbocycles. The first-order chi connectivity index (χ1) is 8.63. The van der Waals surface area contributed by atoms with Gasteiger partial charge in [0, 0.05) is 18.7 Å². The van der Waals surface area contributed by atoms with Crippen LogP contribution in [0.25, 0.3) is 0 Å². The van der Waals surface area contributed by atoms with Crippen LogP contribution in [0.15, 0.2) is 18.2 Å². The number of nitrogens with zero attached hydrogens (tertiary/aromatic N) is 2. The number of hydrogen-bond donors (Lipinski definition) is 1. The molecule has 0 bridgehead atoms. The summed E-state index contributed by atoms with van der Waals surface area (Å²) >= 11 is 0. The number of fused-ring (bicyclic) bond motifs is 1. The third-order valence-corrected chi connectivity index (χ3v) is 2.72. The van der Waals surface area contributed by atoms with Gasteiger partial charge in [-0.1, -0.05) is 0 Å². The van der Waals surface area contributed by atoms with Crippen LogP contribution in [0.1, 0.15) is 10.4 Å². The fourth-order valence-electron chi connectivity index (χ4n) is 1.88. The summed E-state index contributed by atoms with van der Waals surface area (Å²) in [5.74, 6) is -0.575. The molecule has 1 aromatic carbocycles. The Hall–Kier alpha value is -2.15. The Kier molecular flexibility index (Phi) is 3.42. The molecule has 1 aromatic rings. The molecule has 0 unspecified atom stereocenters. The fraction of sp³-hybridized carbons (Fsp3) is 0.364. The third kappa shape index (κ3) is 2.25. The van der Waals surface area contributed by atoms with Gasteiger partial charge in [-0.2, -0.15) is 0 Å². The summed E-state index contributed by atoms with van der Waals surface area (Å²) in [7, 11) is 0. The van der Waals surface area contributed by atoms with Crippen molar-refractivity contribution in [3.63, 3.8) is 0 Å². The number of benzene rings is 1. The highest BCUT2D eigenvalue weighted by Crippen LogP contribution is 2.27. The number of ether oxygens (including phenoxy) is 1. The molecule has 1 aliphatic heterocycles. The highest BCUT2D eigenvalue weighted by molar-refractivity contribution is 5.97. The summed E-state index contributed by atoms with van der Waals surface area (Å²) in [4.78, 5) is 23.6. The largest absolute Gasteiger partial charge is 0.460 e. The van der Waals surface area contributed by atoms with E-state index in [0.717, 1.165) is 0 Å². The van der Waals surface area contributed by atoms with E-state index in [4.69, 9.17) is 9.84 Å². The van der Waals surface area contributed by atoms with E-state index >= 15 is 0 Å². The molecule has 2 rings (SSSR count). The van der Waals surface area contributed by atoms with Gasteiger partial charge in [-0.25, -0.2) is 4.79 Å². The van der Waals surface area contributed by atoms with Gasteiger partial charge >= 0.3 is 5.97 Å². The molecule has 0 saturated heterocycles. The lowest BCUT2D eigenvalue weighted by molar-refractivity contribution is -0.384. The van der Waals surface area contributed by atoms with Crippen molar-refractivity contribution in [2.75, 3.05) is 31.2 Å². The minimum atomic E-state index is -0.575.